The van der Waals surface area contributed by atoms with E-state index >= 15 is 0 Å². The molecule has 0 bridgehead atoms. The Balaban J connectivity index is 1.45. The molecule has 2 aromatic rings. The second-order valence-corrected chi connectivity index (χ2v) is 6.58. The van der Waals surface area contributed by atoms with Crippen LogP contribution in [-0.4, -0.2) is 39.9 Å². The molecule has 0 aliphatic carbocycles. The number of carbonyl (C=O) groups excluding carboxylic acids is 1. The Morgan fingerprint density at radius 3 is 2.80 bits per heavy atom. The molecular weight excluding hydrogens is 318 g/mol. The zero-order valence-electron chi connectivity index (χ0n) is 14.5. The number of benzene rings is 1. The van der Waals surface area contributed by atoms with Crippen LogP contribution in [0.15, 0.2) is 33.8 Å². The number of urea groups is 1. The fraction of sp³-hybridized carbons (Fsp3) is 0.444. The van der Waals surface area contributed by atoms with Crippen LogP contribution < -0.4 is 5.32 Å². The summed E-state index contributed by atoms with van der Waals surface area (Å²) in [5, 5.41) is 6.48. The monoisotopic (exact) mass is 339 g/mol. The average Bonchev–Trinajstić information content (AvgIpc) is 3.19. The van der Waals surface area contributed by atoms with Crippen LogP contribution in [0.4, 0.5) is 16.5 Å². The topological polar surface area (TPSA) is 83.6 Å². The van der Waals surface area contributed by atoms with Crippen molar-refractivity contribution >= 4 is 23.4 Å². The lowest BCUT2D eigenvalue weighted by molar-refractivity contribution is 0.185. The number of amides is 2. The van der Waals surface area contributed by atoms with Crippen molar-refractivity contribution in [1.82, 2.24) is 15.0 Å². The van der Waals surface area contributed by atoms with E-state index in [9.17, 15) is 4.79 Å². The number of hydrogen-bond donors (Lipinski definition) is 1. The van der Waals surface area contributed by atoms with Gasteiger partial charge in [-0.2, -0.15) is 4.98 Å². The highest BCUT2D eigenvalue weighted by molar-refractivity contribution is 6.00. The van der Waals surface area contributed by atoms with Crippen LogP contribution >= 0.6 is 0 Å². The van der Waals surface area contributed by atoms with Gasteiger partial charge in [0.15, 0.2) is 5.82 Å². The molecule has 25 heavy (non-hydrogen) atoms. The van der Waals surface area contributed by atoms with E-state index in [0.29, 0.717) is 25.3 Å². The first kappa shape index (κ1) is 15.8. The Bertz CT molecular complexity index is 833. The number of fused-ring (bicyclic) bond motifs is 2. The summed E-state index contributed by atoms with van der Waals surface area (Å²) in [6, 6.07) is 8.28. The number of rotatable bonds is 2. The number of carbonyl (C=O) groups is 1. The number of aromatic nitrogens is 2. The van der Waals surface area contributed by atoms with Gasteiger partial charge in [0, 0.05) is 30.6 Å². The van der Waals surface area contributed by atoms with E-state index in [1.165, 1.54) is 5.56 Å². The summed E-state index contributed by atoms with van der Waals surface area (Å²) in [5.74, 6) is 0.585. The number of anilines is 1. The summed E-state index contributed by atoms with van der Waals surface area (Å²) in [6.45, 7) is 5.37. The van der Waals surface area contributed by atoms with E-state index in [0.717, 1.165) is 24.2 Å². The average molecular weight is 339 g/mol. The van der Waals surface area contributed by atoms with Crippen LogP contribution in [0.5, 0.6) is 0 Å². The van der Waals surface area contributed by atoms with Gasteiger partial charge in [-0.25, -0.2) is 4.79 Å². The smallest absolute Gasteiger partial charge is 0.324 e. The van der Waals surface area contributed by atoms with Crippen molar-refractivity contribution in [2.45, 2.75) is 38.5 Å². The maximum atomic E-state index is 12.5. The first-order valence-corrected chi connectivity index (χ1v) is 8.66. The van der Waals surface area contributed by atoms with Crippen molar-refractivity contribution in [2.75, 3.05) is 18.4 Å². The van der Waals surface area contributed by atoms with Crippen molar-refractivity contribution in [3.63, 3.8) is 0 Å². The fourth-order valence-corrected chi connectivity index (χ4v) is 3.80. The van der Waals surface area contributed by atoms with Crippen molar-refractivity contribution in [3.05, 3.63) is 35.7 Å². The summed E-state index contributed by atoms with van der Waals surface area (Å²) in [5.41, 5.74) is 3.47. The van der Waals surface area contributed by atoms with E-state index in [1.807, 2.05) is 13.0 Å². The van der Waals surface area contributed by atoms with Crippen molar-refractivity contribution in [2.24, 2.45) is 4.99 Å². The molecule has 1 aromatic carbocycles. The highest BCUT2D eigenvalue weighted by Gasteiger charge is 2.44. The number of piperidine rings is 1. The molecule has 0 radical (unpaired) electrons. The van der Waals surface area contributed by atoms with Gasteiger partial charge in [-0.05, 0) is 31.4 Å². The minimum absolute atomic E-state index is 0.0345. The molecule has 0 saturated carbocycles. The van der Waals surface area contributed by atoms with Gasteiger partial charge in [0.05, 0.1) is 5.69 Å². The third kappa shape index (κ3) is 2.59. The largest absolute Gasteiger partial charge is 0.329 e. The van der Waals surface area contributed by atoms with E-state index in [4.69, 9.17) is 9.52 Å². The lowest BCUT2D eigenvalue weighted by Gasteiger charge is -2.40. The molecule has 1 aromatic heterocycles. The number of likely N-dealkylation sites (tertiary alicyclic amines) is 1. The normalized spacial score (nSPS) is 18.2. The standard InChI is InChI=1S/C18H21N5O2/c1-3-15-20-16(25-22-15)21-17(24)23-10-8-18(9-11-23)12(2)19-14-7-5-4-6-13(14)18/h4-7H,3,8-11H2,1-2H3,(H,20,21,22,24). The zero-order valence-corrected chi connectivity index (χ0v) is 14.5. The van der Waals surface area contributed by atoms with E-state index in [1.54, 1.807) is 4.90 Å². The zero-order chi connectivity index (χ0) is 17.4. The molecule has 130 valence electrons. The lowest BCUT2D eigenvalue weighted by Crippen LogP contribution is -2.48. The molecule has 1 saturated heterocycles. The quantitative estimate of drug-likeness (QED) is 0.910. The summed E-state index contributed by atoms with van der Waals surface area (Å²) in [6.07, 6.45) is 2.41. The van der Waals surface area contributed by atoms with Crippen LogP contribution in [0.25, 0.3) is 0 Å². The highest BCUT2D eigenvalue weighted by Crippen LogP contribution is 2.46. The van der Waals surface area contributed by atoms with Crippen LogP contribution in [0.3, 0.4) is 0 Å². The molecule has 1 fully saturated rings. The molecule has 1 spiro atoms. The molecule has 0 unspecified atom stereocenters. The second-order valence-electron chi connectivity index (χ2n) is 6.58. The number of nitrogens with one attached hydrogen (secondary N) is 1. The van der Waals surface area contributed by atoms with Crippen LogP contribution in [-0.2, 0) is 11.8 Å². The Labute approximate surface area is 146 Å². The summed E-state index contributed by atoms with van der Waals surface area (Å²) in [7, 11) is 0. The first-order chi connectivity index (χ1) is 12.1. The molecule has 0 atom stereocenters. The van der Waals surface area contributed by atoms with E-state index in [-0.39, 0.29) is 17.5 Å². The van der Waals surface area contributed by atoms with Crippen molar-refractivity contribution in [3.8, 4) is 0 Å². The SMILES string of the molecule is CCc1noc(NC(=O)N2CCC3(CC2)C(C)=Nc2ccccc23)n1. The van der Waals surface area contributed by atoms with Gasteiger partial charge in [0.2, 0.25) is 0 Å². The summed E-state index contributed by atoms with van der Waals surface area (Å²) >= 11 is 0. The molecule has 2 aliphatic heterocycles. The number of aliphatic imine (C=N–C) groups is 1. The van der Waals surface area contributed by atoms with Gasteiger partial charge in [0.1, 0.15) is 0 Å². The Hall–Kier alpha value is -2.70. The maximum absolute atomic E-state index is 12.5. The molecular formula is C18H21N5O2. The molecule has 3 heterocycles. The van der Waals surface area contributed by atoms with Gasteiger partial charge in [-0.1, -0.05) is 30.3 Å². The van der Waals surface area contributed by atoms with Gasteiger partial charge >= 0.3 is 12.0 Å². The number of para-hydroxylation sites is 1. The number of nitrogens with zero attached hydrogens (tertiary/aromatic N) is 4. The fourth-order valence-electron chi connectivity index (χ4n) is 3.80. The highest BCUT2D eigenvalue weighted by atomic mass is 16.5. The van der Waals surface area contributed by atoms with Crippen molar-refractivity contribution < 1.29 is 9.32 Å². The summed E-state index contributed by atoms with van der Waals surface area (Å²) < 4.78 is 5.03. The minimum atomic E-state index is -0.193. The Morgan fingerprint density at radius 2 is 2.08 bits per heavy atom. The third-order valence-electron chi connectivity index (χ3n) is 5.30. The first-order valence-electron chi connectivity index (χ1n) is 8.66. The van der Waals surface area contributed by atoms with Crippen LogP contribution in [0.1, 0.15) is 38.1 Å². The maximum Gasteiger partial charge on any atom is 0.329 e. The molecule has 2 amide bonds. The predicted molar refractivity (Wildman–Crippen MR) is 94.4 cm³/mol. The number of hydrogen-bond acceptors (Lipinski definition) is 5. The van der Waals surface area contributed by atoms with Gasteiger partial charge in [0.25, 0.3) is 0 Å². The second kappa shape index (κ2) is 5.98. The molecule has 7 heteroatoms. The van der Waals surface area contributed by atoms with Crippen LogP contribution in [0, 0.1) is 0 Å². The van der Waals surface area contributed by atoms with Crippen molar-refractivity contribution in [1.29, 1.82) is 0 Å². The van der Waals surface area contributed by atoms with Gasteiger partial charge in [-0.3, -0.25) is 10.3 Å². The van der Waals surface area contributed by atoms with Gasteiger partial charge in [-0.15, -0.1) is 0 Å². The number of aryl methyl sites for hydroxylation is 1. The molecule has 4 rings (SSSR count). The minimum Gasteiger partial charge on any atom is -0.324 e. The third-order valence-corrected chi connectivity index (χ3v) is 5.30. The van der Waals surface area contributed by atoms with Gasteiger partial charge < -0.3 is 9.42 Å². The Kier molecular flexibility index (Phi) is 3.78. The van der Waals surface area contributed by atoms with E-state index < -0.39 is 0 Å². The van der Waals surface area contributed by atoms with E-state index in [2.05, 4.69) is 40.6 Å². The lowest BCUT2D eigenvalue weighted by atomic mass is 9.71. The predicted octanol–water partition coefficient (Wildman–Crippen LogP) is 3.30. The molecule has 7 nitrogen and oxygen atoms in total. The summed E-state index contributed by atoms with van der Waals surface area (Å²) in [4.78, 5) is 23.1. The Morgan fingerprint density at radius 1 is 1.32 bits per heavy atom. The molecule has 2 aliphatic rings. The molecule has 1 N–H and O–H groups in total. The van der Waals surface area contributed by atoms with Crippen LogP contribution in [0.2, 0.25) is 0 Å².